The number of methoxy groups -OCH3 is 1. The Morgan fingerprint density at radius 3 is 2.35 bits per heavy atom. The van der Waals surface area contributed by atoms with Crippen LogP contribution in [0, 0.1) is 0 Å². The zero-order chi connectivity index (χ0) is 15.0. The molecule has 1 rings (SSSR count). The molecule has 0 aliphatic rings. The standard InChI is InChI=1S/C15H21NO4/c1-11(12-7-9-13(20-2)10-8-12)16-14(17)5-3-4-6-15(18)19/h7-11H,3-6H2,1-2H3,(H,16,17)(H,18,19)/t11-/m0/s1. The number of ether oxygens (including phenoxy) is 1. The number of unbranched alkanes of at least 4 members (excludes halogenated alkanes) is 1. The summed E-state index contributed by atoms with van der Waals surface area (Å²) in [6, 6.07) is 7.45. The van der Waals surface area contributed by atoms with E-state index in [1.165, 1.54) is 0 Å². The summed E-state index contributed by atoms with van der Waals surface area (Å²) in [5.41, 5.74) is 1.00. The van der Waals surface area contributed by atoms with Crippen LogP contribution in [0.2, 0.25) is 0 Å². The van der Waals surface area contributed by atoms with Crippen molar-refractivity contribution in [2.75, 3.05) is 7.11 Å². The fourth-order valence-corrected chi connectivity index (χ4v) is 1.85. The van der Waals surface area contributed by atoms with Crippen molar-refractivity contribution in [3.8, 4) is 5.75 Å². The second kappa shape index (κ2) is 8.19. The van der Waals surface area contributed by atoms with E-state index in [-0.39, 0.29) is 18.4 Å². The van der Waals surface area contributed by atoms with E-state index in [9.17, 15) is 9.59 Å². The van der Waals surface area contributed by atoms with Crippen LogP contribution in [0.25, 0.3) is 0 Å². The lowest BCUT2D eigenvalue weighted by Crippen LogP contribution is -2.26. The van der Waals surface area contributed by atoms with Crippen molar-refractivity contribution in [2.24, 2.45) is 0 Å². The molecule has 0 aromatic heterocycles. The molecule has 0 aliphatic carbocycles. The van der Waals surface area contributed by atoms with Crippen molar-refractivity contribution in [1.82, 2.24) is 5.32 Å². The fraction of sp³-hybridized carbons (Fsp3) is 0.467. The highest BCUT2D eigenvalue weighted by Crippen LogP contribution is 2.17. The zero-order valence-corrected chi connectivity index (χ0v) is 11.9. The molecule has 0 heterocycles. The van der Waals surface area contributed by atoms with Crippen molar-refractivity contribution in [2.45, 2.75) is 38.6 Å². The predicted molar refractivity (Wildman–Crippen MR) is 75.7 cm³/mol. The van der Waals surface area contributed by atoms with Crippen LogP contribution >= 0.6 is 0 Å². The molecule has 1 aromatic carbocycles. The van der Waals surface area contributed by atoms with Gasteiger partial charge in [0.1, 0.15) is 5.75 Å². The molecule has 0 fully saturated rings. The molecule has 0 saturated carbocycles. The number of aliphatic carboxylic acids is 1. The van der Waals surface area contributed by atoms with Gasteiger partial charge in [-0.05, 0) is 37.5 Å². The molecule has 110 valence electrons. The van der Waals surface area contributed by atoms with Gasteiger partial charge in [-0.25, -0.2) is 0 Å². The highest BCUT2D eigenvalue weighted by molar-refractivity contribution is 5.76. The van der Waals surface area contributed by atoms with Gasteiger partial charge in [0.2, 0.25) is 5.91 Å². The number of hydrogen-bond acceptors (Lipinski definition) is 3. The van der Waals surface area contributed by atoms with E-state index in [4.69, 9.17) is 9.84 Å². The molecule has 0 radical (unpaired) electrons. The third kappa shape index (κ3) is 5.73. The Labute approximate surface area is 118 Å². The fourth-order valence-electron chi connectivity index (χ4n) is 1.85. The number of carboxylic acids is 1. The maximum atomic E-state index is 11.7. The monoisotopic (exact) mass is 279 g/mol. The van der Waals surface area contributed by atoms with Crippen LogP contribution in [0.4, 0.5) is 0 Å². The van der Waals surface area contributed by atoms with E-state index in [0.717, 1.165) is 11.3 Å². The van der Waals surface area contributed by atoms with E-state index < -0.39 is 5.97 Å². The van der Waals surface area contributed by atoms with Gasteiger partial charge in [0.15, 0.2) is 0 Å². The maximum Gasteiger partial charge on any atom is 0.303 e. The van der Waals surface area contributed by atoms with E-state index >= 15 is 0 Å². The smallest absolute Gasteiger partial charge is 0.303 e. The molecule has 0 unspecified atom stereocenters. The van der Waals surface area contributed by atoms with Gasteiger partial charge >= 0.3 is 5.97 Å². The number of rotatable bonds is 8. The second-order valence-corrected chi connectivity index (χ2v) is 4.66. The second-order valence-electron chi connectivity index (χ2n) is 4.66. The average Bonchev–Trinajstić information content (AvgIpc) is 2.43. The third-order valence-corrected chi connectivity index (χ3v) is 3.04. The number of benzene rings is 1. The summed E-state index contributed by atoms with van der Waals surface area (Å²) >= 11 is 0. The van der Waals surface area contributed by atoms with Crippen molar-refractivity contribution in [1.29, 1.82) is 0 Å². The van der Waals surface area contributed by atoms with Crippen molar-refractivity contribution in [3.05, 3.63) is 29.8 Å². The summed E-state index contributed by atoms with van der Waals surface area (Å²) < 4.78 is 5.08. The van der Waals surface area contributed by atoms with Gasteiger partial charge in [-0.2, -0.15) is 0 Å². The van der Waals surface area contributed by atoms with Crippen molar-refractivity contribution >= 4 is 11.9 Å². The molecule has 5 nitrogen and oxygen atoms in total. The first-order chi connectivity index (χ1) is 9.52. The zero-order valence-electron chi connectivity index (χ0n) is 11.9. The van der Waals surface area contributed by atoms with Gasteiger partial charge in [-0.15, -0.1) is 0 Å². The maximum absolute atomic E-state index is 11.7. The first-order valence-electron chi connectivity index (χ1n) is 6.68. The molecule has 0 aliphatic heterocycles. The number of hydrogen-bond donors (Lipinski definition) is 2. The summed E-state index contributed by atoms with van der Waals surface area (Å²) in [4.78, 5) is 22.1. The van der Waals surface area contributed by atoms with Gasteiger partial charge in [0, 0.05) is 12.8 Å². The minimum atomic E-state index is -0.822. The third-order valence-electron chi connectivity index (χ3n) is 3.04. The van der Waals surface area contributed by atoms with Gasteiger partial charge < -0.3 is 15.2 Å². The van der Waals surface area contributed by atoms with Crippen LogP contribution in [-0.4, -0.2) is 24.1 Å². The highest BCUT2D eigenvalue weighted by atomic mass is 16.5. The number of carbonyl (C=O) groups excluding carboxylic acids is 1. The Bertz CT molecular complexity index is 442. The van der Waals surface area contributed by atoms with E-state index in [2.05, 4.69) is 5.32 Å². The Balaban J connectivity index is 2.34. The first-order valence-corrected chi connectivity index (χ1v) is 6.68. The Kier molecular flexibility index (Phi) is 6.56. The Morgan fingerprint density at radius 1 is 1.20 bits per heavy atom. The molecule has 20 heavy (non-hydrogen) atoms. The Hall–Kier alpha value is -2.04. The summed E-state index contributed by atoms with van der Waals surface area (Å²) in [5.74, 6) is -0.100. The summed E-state index contributed by atoms with van der Waals surface area (Å²) in [6.45, 7) is 1.91. The van der Waals surface area contributed by atoms with Gasteiger partial charge in [0.25, 0.3) is 0 Å². The predicted octanol–water partition coefficient (Wildman–Crippen LogP) is 2.52. The van der Waals surface area contributed by atoms with Crippen LogP contribution in [0.5, 0.6) is 5.75 Å². The lowest BCUT2D eigenvalue weighted by Gasteiger charge is -2.14. The van der Waals surface area contributed by atoms with Gasteiger partial charge in [-0.1, -0.05) is 12.1 Å². The quantitative estimate of drug-likeness (QED) is 0.717. The number of carboxylic acid groups (broad SMARTS) is 1. The van der Waals surface area contributed by atoms with E-state index in [1.54, 1.807) is 7.11 Å². The largest absolute Gasteiger partial charge is 0.497 e. The summed E-state index contributed by atoms with van der Waals surface area (Å²) in [6.07, 6.45) is 1.59. The van der Waals surface area contributed by atoms with Crippen molar-refractivity contribution < 1.29 is 19.4 Å². The van der Waals surface area contributed by atoms with Crippen LogP contribution in [0.15, 0.2) is 24.3 Å². The molecule has 0 bridgehead atoms. The van der Waals surface area contributed by atoms with E-state index in [0.29, 0.717) is 19.3 Å². The molecule has 0 saturated heterocycles. The molecule has 5 heteroatoms. The van der Waals surface area contributed by atoms with Crippen LogP contribution in [0.3, 0.4) is 0 Å². The molecular weight excluding hydrogens is 258 g/mol. The highest BCUT2D eigenvalue weighted by Gasteiger charge is 2.09. The van der Waals surface area contributed by atoms with E-state index in [1.807, 2.05) is 31.2 Å². The number of carbonyl (C=O) groups is 2. The number of amides is 1. The van der Waals surface area contributed by atoms with Crippen molar-refractivity contribution in [3.63, 3.8) is 0 Å². The SMILES string of the molecule is COc1ccc([C@H](C)NC(=O)CCCCC(=O)O)cc1. The molecule has 1 amide bonds. The topological polar surface area (TPSA) is 75.6 Å². The lowest BCUT2D eigenvalue weighted by atomic mass is 10.1. The minimum Gasteiger partial charge on any atom is -0.497 e. The average molecular weight is 279 g/mol. The molecule has 1 atom stereocenters. The van der Waals surface area contributed by atoms with Gasteiger partial charge in [-0.3, -0.25) is 9.59 Å². The first kappa shape index (κ1) is 16.0. The molecule has 0 spiro atoms. The number of nitrogens with one attached hydrogen (secondary N) is 1. The minimum absolute atomic E-state index is 0.0568. The Morgan fingerprint density at radius 2 is 1.80 bits per heavy atom. The lowest BCUT2D eigenvalue weighted by molar-refractivity contribution is -0.137. The summed E-state index contributed by atoms with van der Waals surface area (Å²) in [7, 11) is 1.61. The molecular formula is C15H21NO4. The summed E-state index contributed by atoms with van der Waals surface area (Å²) in [5, 5.41) is 11.4. The normalized spacial score (nSPS) is 11.7. The molecule has 1 aromatic rings. The van der Waals surface area contributed by atoms with Gasteiger partial charge in [0.05, 0.1) is 13.2 Å². The van der Waals surface area contributed by atoms with Crippen LogP contribution in [0.1, 0.15) is 44.2 Å². The van der Waals surface area contributed by atoms with Crippen LogP contribution in [-0.2, 0) is 9.59 Å². The van der Waals surface area contributed by atoms with Crippen LogP contribution < -0.4 is 10.1 Å². The molecule has 2 N–H and O–H groups in total.